The van der Waals surface area contributed by atoms with Crippen LogP contribution < -0.4 is 0 Å². The van der Waals surface area contributed by atoms with Crippen molar-refractivity contribution >= 4 is 0 Å². The molecule has 0 aromatic heterocycles. The Kier molecular flexibility index (Phi) is 3.87. The van der Waals surface area contributed by atoms with E-state index >= 15 is 0 Å². The quantitative estimate of drug-likeness (QED) is 0.805. The summed E-state index contributed by atoms with van der Waals surface area (Å²) >= 11 is 0. The van der Waals surface area contributed by atoms with E-state index in [4.69, 9.17) is 4.74 Å². The lowest BCUT2D eigenvalue weighted by atomic mass is 10.1. The average molecular weight is 260 g/mol. The van der Waals surface area contributed by atoms with Crippen molar-refractivity contribution in [1.29, 1.82) is 0 Å². The van der Waals surface area contributed by atoms with Gasteiger partial charge in [-0.15, -0.1) is 0 Å². The second-order valence-electron chi connectivity index (χ2n) is 5.91. The highest BCUT2D eigenvalue weighted by atomic mass is 16.5. The number of ether oxygens (including phenoxy) is 1. The summed E-state index contributed by atoms with van der Waals surface area (Å²) < 4.78 is 5.39. The topological polar surface area (TPSA) is 15.7 Å². The third kappa shape index (κ3) is 2.99. The Morgan fingerprint density at radius 1 is 1.05 bits per heavy atom. The number of hydrogen-bond donors (Lipinski definition) is 0. The van der Waals surface area contributed by atoms with E-state index in [-0.39, 0.29) is 0 Å². The monoisotopic (exact) mass is 260 g/mol. The standard InChI is InChI=1S/C16H24N2O/c1-19-14-16(7-8-16)18-11-9-17(10-12-18)13-15-5-3-2-4-6-15/h2-6H,7-14H2,1H3. The number of benzene rings is 1. The molecule has 0 bridgehead atoms. The van der Waals surface area contributed by atoms with E-state index < -0.39 is 0 Å². The van der Waals surface area contributed by atoms with Crippen LogP contribution in [0.2, 0.25) is 0 Å². The summed E-state index contributed by atoms with van der Waals surface area (Å²) in [5, 5.41) is 0. The molecule has 0 unspecified atom stereocenters. The van der Waals surface area contributed by atoms with Crippen molar-refractivity contribution in [1.82, 2.24) is 9.80 Å². The first kappa shape index (κ1) is 13.1. The van der Waals surface area contributed by atoms with Crippen LogP contribution in [0.25, 0.3) is 0 Å². The number of piperazine rings is 1. The molecule has 3 heteroatoms. The van der Waals surface area contributed by atoms with Gasteiger partial charge in [-0.1, -0.05) is 30.3 Å². The molecular formula is C16H24N2O. The highest BCUT2D eigenvalue weighted by Gasteiger charge is 2.48. The summed E-state index contributed by atoms with van der Waals surface area (Å²) in [5.74, 6) is 0. The highest BCUT2D eigenvalue weighted by Crippen LogP contribution is 2.42. The molecule has 19 heavy (non-hydrogen) atoms. The van der Waals surface area contributed by atoms with Gasteiger partial charge in [0.2, 0.25) is 0 Å². The molecule has 0 atom stereocenters. The molecule has 3 rings (SSSR count). The highest BCUT2D eigenvalue weighted by molar-refractivity contribution is 5.14. The third-order valence-electron chi connectivity index (χ3n) is 4.53. The first-order chi connectivity index (χ1) is 9.32. The maximum atomic E-state index is 5.39. The molecule has 1 aliphatic heterocycles. The predicted molar refractivity (Wildman–Crippen MR) is 77.1 cm³/mol. The van der Waals surface area contributed by atoms with Gasteiger partial charge in [0.1, 0.15) is 0 Å². The van der Waals surface area contributed by atoms with E-state index in [0.717, 1.165) is 13.2 Å². The minimum atomic E-state index is 0.396. The van der Waals surface area contributed by atoms with Crippen LogP contribution in [-0.2, 0) is 11.3 Å². The Morgan fingerprint density at radius 3 is 2.32 bits per heavy atom. The summed E-state index contributed by atoms with van der Waals surface area (Å²) in [5.41, 5.74) is 1.82. The number of methoxy groups -OCH3 is 1. The van der Waals surface area contributed by atoms with Gasteiger partial charge in [0.25, 0.3) is 0 Å². The molecule has 0 radical (unpaired) electrons. The zero-order chi connectivity index (χ0) is 13.1. The SMILES string of the molecule is COCC1(N2CCN(Cc3ccccc3)CC2)CC1. The predicted octanol–water partition coefficient (Wildman–Crippen LogP) is 1.98. The van der Waals surface area contributed by atoms with E-state index in [9.17, 15) is 0 Å². The number of hydrogen-bond acceptors (Lipinski definition) is 3. The Labute approximate surface area is 116 Å². The van der Waals surface area contributed by atoms with Crippen molar-refractivity contribution in [3.8, 4) is 0 Å². The summed E-state index contributed by atoms with van der Waals surface area (Å²) in [7, 11) is 1.83. The van der Waals surface area contributed by atoms with Gasteiger partial charge in [-0.2, -0.15) is 0 Å². The lowest BCUT2D eigenvalue weighted by Gasteiger charge is -2.39. The second-order valence-corrected chi connectivity index (χ2v) is 5.91. The van der Waals surface area contributed by atoms with Gasteiger partial charge < -0.3 is 4.74 Å². The molecule has 1 aliphatic carbocycles. The molecular weight excluding hydrogens is 236 g/mol. The summed E-state index contributed by atoms with van der Waals surface area (Å²) in [4.78, 5) is 5.21. The summed E-state index contributed by atoms with van der Waals surface area (Å²) in [6, 6.07) is 10.8. The van der Waals surface area contributed by atoms with Crippen molar-refractivity contribution in [2.75, 3.05) is 39.9 Å². The fourth-order valence-electron chi connectivity index (χ4n) is 3.19. The smallest absolute Gasteiger partial charge is 0.0646 e. The van der Waals surface area contributed by atoms with Crippen LogP contribution in [0.3, 0.4) is 0 Å². The fraction of sp³-hybridized carbons (Fsp3) is 0.625. The van der Waals surface area contributed by atoms with Crippen molar-refractivity contribution in [3.63, 3.8) is 0 Å². The number of rotatable bonds is 5. The van der Waals surface area contributed by atoms with Crippen molar-refractivity contribution in [3.05, 3.63) is 35.9 Å². The van der Waals surface area contributed by atoms with Gasteiger partial charge in [-0.3, -0.25) is 9.80 Å². The van der Waals surface area contributed by atoms with E-state index in [0.29, 0.717) is 5.54 Å². The molecule has 1 aromatic rings. The molecule has 3 nitrogen and oxygen atoms in total. The molecule has 2 fully saturated rings. The second kappa shape index (κ2) is 5.61. The molecule has 104 valence electrons. The lowest BCUT2D eigenvalue weighted by molar-refractivity contribution is 0.0344. The molecule has 2 aliphatic rings. The van der Waals surface area contributed by atoms with E-state index in [1.807, 2.05) is 7.11 Å². The van der Waals surface area contributed by atoms with Crippen LogP contribution in [0.4, 0.5) is 0 Å². The zero-order valence-electron chi connectivity index (χ0n) is 11.8. The number of nitrogens with zero attached hydrogens (tertiary/aromatic N) is 2. The maximum Gasteiger partial charge on any atom is 0.0646 e. The van der Waals surface area contributed by atoms with Gasteiger partial charge in [0.05, 0.1) is 6.61 Å². The van der Waals surface area contributed by atoms with Gasteiger partial charge in [0.15, 0.2) is 0 Å². The summed E-state index contributed by atoms with van der Waals surface area (Å²) in [6.45, 7) is 6.74. The Bertz CT molecular complexity index is 394. The van der Waals surface area contributed by atoms with E-state index in [2.05, 4.69) is 40.1 Å². The molecule has 1 heterocycles. The first-order valence-electron chi connectivity index (χ1n) is 7.33. The van der Waals surface area contributed by atoms with Gasteiger partial charge >= 0.3 is 0 Å². The van der Waals surface area contributed by atoms with E-state index in [1.54, 1.807) is 0 Å². The van der Waals surface area contributed by atoms with Crippen LogP contribution in [0.5, 0.6) is 0 Å². The maximum absolute atomic E-state index is 5.39. The zero-order valence-corrected chi connectivity index (χ0v) is 11.8. The normalized spacial score (nSPS) is 23.4. The van der Waals surface area contributed by atoms with Crippen LogP contribution in [0.1, 0.15) is 18.4 Å². The minimum Gasteiger partial charge on any atom is -0.383 e. The Balaban J connectivity index is 1.50. The van der Waals surface area contributed by atoms with Crippen LogP contribution in [-0.4, -0.2) is 55.2 Å². The average Bonchev–Trinajstić information content (AvgIpc) is 3.22. The largest absolute Gasteiger partial charge is 0.383 e. The van der Waals surface area contributed by atoms with Crippen LogP contribution in [0.15, 0.2) is 30.3 Å². The summed E-state index contributed by atoms with van der Waals surface area (Å²) in [6.07, 6.45) is 2.64. The van der Waals surface area contributed by atoms with Crippen molar-refractivity contribution in [2.45, 2.75) is 24.9 Å². The van der Waals surface area contributed by atoms with Crippen molar-refractivity contribution in [2.24, 2.45) is 0 Å². The third-order valence-corrected chi connectivity index (χ3v) is 4.53. The molecule has 1 saturated heterocycles. The van der Waals surface area contributed by atoms with Crippen LogP contribution >= 0.6 is 0 Å². The Hall–Kier alpha value is -0.900. The molecule has 1 aromatic carbocycles. The van der Waals surface area contributed by atoms with E-state index in [1.165, 1.54) is 44.6 Å². The molecule has 0 N–H and O–H groups in total. The van der Waals surface area contributed by atoms with Gasteiger partial charge in [-0.05, 0) is 18.4 Å². The van der Waals surface area contributed by atoms with Crippen LogP contribution in [0, 0.1) is 0 Å². The minimum absolute atomic E-state index is 0.396. The molecule has 0 amide bonds. The van der Waals surface area contributed by atoms with Crippen molar-refractivity contribution < 1.29 is 4.74 Å². The fourth-order valence-corrected chi connectivity index (χ4v) is 3.19. The lowest BCUT2D eigenvalue weighted by Crippen LogP contribution is -2.52. The van der Waals surface area contributed by atoms with Gasteiger partial charge in [-0.25, -0.2) is 0 Å². The first-order valence-corrected chi connectivity index (χ1v) is 7.33. The molecule has 0 spiro atoms. The van der Waals surface area contributed by atoms with Gasteiger partial charge in [0, 0.05) is 45.4 Å². The molecule has 1 saturated carbocycles. The Morgan fingerprint density at radius 2 is 1.74 bits per heavy atom.